The number of fused-ring (bicyclic) bond motifs is 3. The number of imidazole rings is 1. The largest absolute Gasteiger partial charge is 0.344 e. The molecule has 0 aliphatic heterocycles. The van der Waals surface area contributed by atoms with Gasteiger partial charge in [0.15, 0.2) is 0 Å². The lowest BCUT2D eigenvalue weighted by Gasteiger charge is -2.00. The fourth-order valence-corrected chi connectivity index (χ4v) is 2.75. The molecule has 0 aliphatic carbocycles. The topological polar surface area (TPSA) is 39.3 Å². The van der Waals surface area contributed by atoms with Crippen molar-refractivity contribution in [3.8, 4) is 0 Å². The van der Waals surface area contributed by atoms with Crippen molar-refractivity contribution in [2.75, 3.05) is 0 Å². The van der Waals surface area contributed by atoms with Gasteiger partial charge in [-0.25, -0.2) is 18.1 Å². The van der Waals surface area contributed by atoms with Crippen LogP contribution >= 0.6 is 11.5 Å². The second kappa shape index (κ2) is 3.18. The van der Waals surface area contributed by atoms with Gasteiger partial charge in [-0.1, -0.05) is 12.1 Å². The normalized spacial score (nSPS) is 11.9. The average Bonchev–Trinajstić information content (AvgIpc) is 2.75. The molecule has 16 heavy (non-hydrogen) atoms. The molecule has 0 radical (unpaired) electrons. The monoisotopic (exact) mass is 233 g/mol. The molecule has 1 aromatic carbocycles. The van der Waals surface area contributed by atoms with E-state index in [-0.39, 0.29) is 11.7 Å². The number of aromatic nitrogens is 3. The van der Waals surface area contributed by atoms with E-state index < -0.39 is 0 Å². The Kier molecular flexibility index (Phi) is 1.91. The first-order valence-corrected chi connectivity index (χ1v) is 5.95. The summed E-state index contributed by atoms with van der Waals surface area (Å²) in [5.41, 5.74) is 1.77. The van der Waals surface area contributed by atoms with Crippen molar-refractivity contribution in [1.29, 1.82) is 0 Å². The van der Waals surface area contributed by atoms with Crippen LogP contribution in [0.5, 0.6) is 0 Å². The molecule has 0 unspecified atom stereocenters. The molecule has 0 atom stereocenters. The lowest BCUT2D eigenvalue weighted by atomic mass is 10.3. The summed E-state index contributed by atoms with van der Waals surface area (Å²) in [5, 5.41) is 0. The van der Waals surface area contributed by atoms with Gasteiger partial charge in [0.1, 0.15) is 0 Å². The molecule has 3 rings (SSSR count). The van der Waals surface area contributed by atoms with Crippen molar-refractivity contribution in [3.05, 3.63) is 34.7 Å². The predicted octanol–water partition coefficient (Wildman–Crippen LogP) is 2.29. The van der Waals surface area contributed by atoms with E-state index in [4.69, 9.17) is 0 Å². The van der Waals surface area contributed by atoms with E-state index >= 15 is 0 Å². The van der Waals surface area contributed by atoms with Gasteiger partial charge >= 0.3 is 5.69 Å². The predicted molar refractivity (Wildman–Crippen MR) is 65.2 cm³/mol. The Balaban J connectivity index is 2.50. The average molecular weight is 233 g/mol. The van der Waals surface area contributed by atoms with Crippen LogP contribution in [0, 0.1) is 0 Å². The third-order valence-corrected chi connectivity index (χ3v) is 3.77. The molecule has 82 valence electrons. The molecule has 0 aliphatic rings. The quantitative estimate of drug-likeness (QED) is 0.647. The van der Waals surface area contributed by atoms with Crippen LogP contribution in [0.4, 0.5) is 0 Å². The smallest absolute Gasteiger partial charge is 0.246 e. The lowest BCUT2D eigenvalue weighted by molar-refractivity contribution is 0.619. The molecule has 0 saturated carbocycles. The van der Waals surface area contributed by atoms with Gasteiger partial charge in [0.2, 0.25) is 4.96 Å². The summed E-state index contributed by atoms with van der Waals surface area (Å²) in [6.45, 7) is 4.00. The standard InChI is InChI=1S/C11H11N3OS/c1-7(2)14-11(15)13-9-6-4-3-5-8(9)12-10(13)16-14/h3-7H,1-2H3. The second-order valence-corrected chi connectivity index (χ2v) is 4.95. The second-order valence-electron chi connectivity index (χ2n) is 4.01. The lowest BCUT2D eigenvalue weighted by Crippen LogP contribution is -2.20. The maximum Gasteiger partial charge on any atom is 0.344 e. The number of benzene rings is 1. The highest BCUT2D eigenvalue weighted by atomic mass is 32.1. The molecule has 5 heteroatoms. The molecule has 0 saturated heterocycles. The van der Waals surface area contributed by atoms with Crippen LogP contribution in [-0.2, 0) is 0 Å². The summed E-state index contributed by atoms with van der Waals surface area (Å²) < 4.78 is 3.43. The van der Waals surface area contributed by atoms with Crippen molar-refractivity contribution in [1.82, 2.24) is 13.3 Å². The van der Waals surface area contributed by atoms with Crippen LogP contribution in [0.15, 0.2) is 29.1 Å². The zero-order valence-corrected chi connectivity index (χ0v) is 9.86. The molecular formula is C11H11N3OS. The van der Waals surface area contributed by atoms with Gasteiger partial charge in [0, 0.05) is 6.04 Å². The number of para-hydroxylation sites is 2. The molecule has 2 aromatic heterocycles. The molecule has 0 bridgehead atoms. The highest BCUT2D eigenvalue weighted by molar-refractivity contribution is 7.11. The summed E-state index contributed by atoms with van der Waals surface area (Å²) in [7, 11) is 0. The third-order valence-electron chi connectivity index (χ3n) is 2.56. The van der Waals surface area contributed by atoms with E-state index in [0.717, 1.165) is 16.0 Å². The SMILES string of the molecule is CC(C)n1sc2nc3ccccc3n2c1=O. The van der Waals surface area contributed by atoms with Crippen LogP contribution in [0.25, 0.3) is 16.0 Å². The summed E-state index contributed by atoms with van der Waals surface area (Å²) in [4.78, 5) is 17.3. The van der Waals surface area contributed by atoms with Crippen LogP contribution < -0.4 is 5.69 Å². The minimum absolute atomic E-state index is 0.00343. The number of hydrogen-bond donors (Lipinski definition) is 0. The van der Waals surface area contributed by atoms with Crippen LogP contribution in [0.2, 0.25) is 0 Å². The van der Waals surface area contributed by atoms with Crippen molar-refractivity contribution in [3.63, 3.8) is 0 Å². The molecule has 0 fully saturated rings. The molecule has 4 nitrogen and oxygen atoms in total. The Labute approximate surface area is 95.9 Å². The zero-order valence-electron chi connectivity index (χ0n) is 9.04. The fraction of sp³-hybridized carbons (Fsp3) is 0.273. The van der Waals surface area contributed by atoms with Gasteiger partial charge in [-0.05, 0) is 37.5 Å². The van der Waals surface area contributed by atoms with E-state index in [2.05, 4.69) is 4.98 Å². The van der Waals surface area contributed by atoms with Crippen LogP contribution in [0.3, 0.4) is 0 Å². The molecule has 2 heterocycles. The molecule has 0 N–H and O–H groups in total. The first-order valence-electron chi connectivity index (χ1n) is 5.17. The Hall–Kier alpha value is -1.62. The number of rotatable bonds is 1. The van der Waals surface area contributed by atoms with Crippen molar-refractivity contribution < 1.29 is 0 Å². The van der Waals surface area contributed by atoms with Crippen molar-refractivity contribution >= 4 is 27.5 Å². The molecule has 0 amide bonds. The molecular weight excluding hydrogens is 222 g/mol. The Morgan fingerprint density at radius 3 is 2.81 bits per heavy atom. The first kappa shape index (κ1) is 9.59. The summed E-state index contributed by atoms with van der Waals surface area (Å²) in [6, 6.07) is 7.88. The van der Waals surface area contributed by atoms with Gasteiger partial charge < -0.3 is 0 Å². The Morgan fingerprint density at radius 1 is 1.31 bits per heavy atom. The van der Waals surface area contributed by atoms with Gasteiger partial charge in [-0.2, -0.15) is 0 Å². The van der Waals surface area contributed by atoms with Gasteiger partial charge in [-0.3, -0.25) is 0 Å². The summed E-state index contributed by atoms with van der Waals surface area (Å²) in [6.07, 6.45) is 0. The van der Waals surface area contributed by atoms with E-state index in [1.54, 1.807) is 8.36 Å². The van der Waals surface area contributed by atoms with E-state index in [1.807, 2.05) is 38.1 Å². The van der Waals surface area contributed by atoms with E-state index in [1.165, 1.54) is 11.5 Å². The Morgan fingerprint density at radius 2 is 2.06 bits per heavy atom. The van der Waals surface area contributed by atoms with E-state index in [9.17, 15) is 4.79 Å². The minimum atomic E-state index is 0.00343. The minimum Gasteiger partial charge on any atom is -0.246 e. The van der Waals surface area contributed by atoms with E-state index in [0.29, 0.717) is 0 Å². The first-order chi connectivity index (χ1) is 7.68. The van der Waals surface area contributed by atoms with Crippen molar-refractivity contribution in [2.45, 2.75) is 19.9 Å². The highest BCUT2D eigenvalue weighted by Crippen LogP contribution is 2.19. The summed E-state index contributed by atoms with van der Waals surface area (Å²) in [5.74, 6) is 0. The summed E-state index contributed by atoms with van der Waals surface area (Å²) >= 11 is 1.41. The van der Waals surface area contributed by atoms with Gasteiger partial charge in [0.25, 0.3) is 0 Å². The fourth-order valence-electron chi connectivity index (χ4n) is 1.80. The number of hydrogen-bond acceptors (Lipinski definition) is 3. The maximum atomic E-state index is 12.1. The van der Waals surface area contributed by atoms with Gasteiger partial charge in [0.05, 0.1) is 11.0 Å². The highest BCUT2D eigenvalue weighted by Gasteiger charge is 2.13. The van der Waals surface area contributed by atoms with Crippen LogP contribution in [-0.4, -0.2) is 13.3 Å². The third kappa shape index (κ3) is 1.15. The van der Waals surface area contributed by atoms with Crippen LogP contribution in [0.1, 0.15) is 19.9 Å². The molecule has 3 aromatic rings. The van der Waals surface area contributed by atoms with Gasteiger partial charge in [-0.15, -0.1) is 0 Å². The molecule has 0 spiro atoms. The van der Waals surface area contributed by atoms with Crippen molar-refractivity contribution in [2.24, 2.45) is 0 Å². The number of nitrogens with zero attached hydrogens (tertiary/aromatic N) is 3. The Bertz CT molecular complexity index is 720. The zero-order chi connectivity index (χ0) is 11.3. The maximum absolute atomic E-state index is 12.1.